The molecule has 0 heterocycles. The van der Waals surface area contributed by atoms with Crippen LogP contribution in [0.5, 0.6) is 0 Å². The van der Waals surface area contributed by atoms with Crippen molar-refractivity contribution in [3.63, 3.8) is 0 Å². The van der Waals surface area contributed by atoms with Gasteiger partial charge in [-0.25, -0.2) is 0 Å². The molecule has 0 radical (unpaired) electrons. The molecule has 0 N–H and O–H groups in total. The van der Waals surface area contributed by atoms with Crippen LogP contribution in [0.15, 0.2) is 231 Å². The van der Waals surface area contributed by atoms with Gasteiger partial charge in [-0.15, -0.1) is 0 Å². The van der Waals surface area contributed by atoms with Gasteiger partial charge in [-0.2, -0.15) is 0 Å². The van der Waals surface area contributed by atoms with Gasteiger partial charge >= 0.3 is 0 Å². The fourth-order valence-electron chi connectivity index (χ4n) is 12.6. The molecule has 0 aromatic heterocycles. The van der Waals surface area contributed by atoms with Crippen LogP contribution in [0.1, 0.15) is 73.6 Å². The van der Waals surface area contributed by atoms with Crippen LogP contribution in [0.2, 0.25) is 0 Å². The standard InChI is InChI=1S/C68H53N/c1-66(2)58-29-15-11-26-56(58)65-55(27-19-31-60(65)66)54-25-13-18-33-64(54)69(48-38-34-44(35-39-48)45-36-40-52-50-23-9-14-28-57(50)67(3,4)61(52)42-45)63-32-17-12-22-49(63)46-37-41-53-51-24-10-16-30-59(51)68(5,62(53)43-46)47-20-7-6-8-21-47/h6-43H,1-5H3. The minimum atomic E-state index is -0.312. The predicted molar refractivity (Wildman–Crippen MR) is 290 cm³/mol. The number of fused-ring (bicyclic) bond motifs is 9. The average molecular weight is 884 g/mol. The van der Waals surface area contributed by atoms with Gasteiger partial charge in [0.1, 0.15) is 0 Å². The second kappa shape index (κ2) is 15.3. The molecule has 0 amide bonds. The Morgan fingerprint density at radius 2 is 0.725 bits per heavy atom. The lowest BCUT2D eigenvalue weighted by Gasteiger charge is -2.31. The highest BCUT2D eigenvalue weighted by Gasteiger charge is 2.42. The highest BCUT2D eigenvalue weighted by molar-refractivity contribution is 6.00. The molecule has 0 saturated heterocycles. The second-order valence-corrected chi connectivity index (χ2v) is 20.5. The molecule has 330 valence electrons. The molecule has 0 spiro atoms. The number of nitrogens with zero attached hydrogens (tertiary/aromatic N) is 1. The van der Waals surface area contributed by atoms with Crippen molar-refractivity contribution in [3.05, 3.63) is 269 Å². The molecule has 0 bridgehead atoms. The van der Waals surface area contributed by atoms with Gasteiger partial charge in [-0.3, -0.25) is 0 Å². The Morgan fingerprint density at radius 3 is 1.43 bits per heavy atom. The van der Waals surface area contributed by atoms with Crippen molar-refractivity contribution >= 4 is 17.1 Å². The van der Waals surface area contributed by atoms with Crippen LogP contribution in [-0.4, -0.2) is 0 Å². The summed E-state index contributed by atoms with van der Waals surface area (Å²) in [4.78, 5) is 2.51. The van der Waals surface area contributed by atoms with Crippen molar-refractivity contribution in [2.45, 2.75) is 50.9 Å². The number of para-hydroxylation sites is 2. The van der Waals surface area contributed by atoms with Crippen LogP contribution in [0.3, 0.4) is 0 Å². The van der Waals surface area contributed by atoms with Crippen molar-refractivity contribution in [2.24, 2.45) is 0 Å². The number of benzene rings is 10. The van der Waals surface area contributed by atoms with E-state index in [1.807, 2.05) is 0 Å². The van der Waals surface area contributed by atoms with Crippen molar-refractivity contribution in [3.8, 4) is 66.8 Å². The van der Waals surface area contributed by atoms with Crippen LogP contribution >= 0.6 is 0 Å². The highest BCUT2D eigenvalue weighted by atomic mass is 15.1. The zero-order chi connectivity index (χ0) is 46.6. The van der Waals surface area contributed by atoms with E-state index in [1.54, 1.807) is 0 Å². The molecule has 3 aliphatic rings. The summed E-state index contributed by atoms with van der Waals surface area (Å²) in [6.07, 6.45) is 0. The first-order valence-corrected chi connectivity index (χ1v) is 24.5. The van der Waals surface area contributed by atoms with Gasteiger partial charge in [0.15, 0.2) is 0 Å². The van der Waals surface area contributed by atoms with Gasteiger partial charge in [-0.05, 0) is 138 Å². The third-order valence-corrected chi connectivity index (χ3v) is 16.2. The Kier molecular flexibility index (Phi) is 9.11. The van der Waals surface area contributed by atoms with Gasteiger partial charge in [0.25, 0.3) is 0 Å². The largest absolute Gasteiger partial charge is 0.309 e. The van der Waals surface area contributed by atoms with Crippen LogP contribution in [0.25, 0.3) is 66.8 Å². The van der Waals surface area contributed by atoms with E-state index >= 15 is 0 Å². The zero-order valence-electron chi connectivity index (χ0n) is 39.9. The molecule has 10 aromatic carbocycles. The molecule has 1 nitrogen and oxygen atoms in total. The lowest BCUT2D eigenvalue weighted by Crippen LogP contribution is -2.22. The molecule has 13 rings (SSSR count). The van der Waals surface area contributed by atoms with Gasteiger partial charge < -0.3 is 4.90 Å². The maximum absolute atomic E-state index is 2.51. The maximum Gasteiger partial charge on any atom is 0.0540 e. The van der Waals surface area contributed by atoms with Crippen molar-refractivity contribution in [1.29, 1.82) is 0 Å². The fourth-order valence-corrected chi connectivity index (χ4v) is 12.6. The first-order valence-electron chi connectivity index (χ1n) is 24.5. The summed E-state index contributed by atoms with van der Waals surface area (Å²) in [6.45, 7) is 11.9. The van der Waals surface area contributed by atoms with Gasteiger partial charge in [0.05, 0.1) is 11.4 Å². The molecule has 0 aliphatic heterocycles. The van der Waals surface area contributed by atoms with E-state index in [0.29, 0.717) is 0 Å². The van der Waals surface area contributed by atoms with E-state index in [0.717, 1.165) is 17.1 Å². The summed E-state index contributed by atoms with van der Waals surface area (Å²) in [5.74, 6) is 0. The molecule has 1 atom stereocenters. The predicted octanol–water partition coefficient (Wildman–Crippen LogP) is 18.1. The summed E-state index contributed by atoms with van der Waals surface area (Å²) in [7, 11) is 0. The number of rotatable bonds is 7. The molecule has 1 heteroatoms. The summed E-state index contributed by atoms with van der Waals surface area (Å²) >= 11 is 0. The smallest absolute Gasteiger partial charge is 0.0540 e. The number of hydrogen-bond donors (Lipinski definition) is 0. The van der Waals surface area contributed by atoms with Crippen molar-refractivity contribution in [2.75, 3.05) is 4.90 Å². The SMILES string of the molecule is CC1(C)c2ccccc2-c2ccc(-c3ccc(N(c4ccccc4-c4ccc5c(c4)C(C)(c4ccccc4)c4ccccc4-5)c4ccccc4-c4cccc5c4-c4ccccc4C5(C)C)cc3)cc21. The van der Waals surface area contributed by atoms with Crippen LogP contribution in [-0.2, 0) is 16.2 Å². The molecule has 1 unspecified atom stereocenters. The van der Waals surface area contributed by atoms with Crippen LogP contribution < -0.4 is 4.90 Å². The third kappa shape index (κ3) is 6.03. The Hall–Kier alpha value is -8.00. The van der Waals surface area contributed by atoms with Crippen molar-refractivity contribution < 1.29 is 0 Å². The topological polar surface area (TPSA) is 3.24 Å². The van der Waals surface area contributed by atoms with Gasteiger partial charge in [0.2, 0.25) is 0 Å². The van der Waals surface area contributed by atoms with E-state index in [1.165, 1.54) is 106 Å². The van der Waals surface area contributed by atoms with Crippen molar-refractivity contribution in [1.82, 2.24) is 0 Å². The quantitative estimate of drug-likeness (QED) is 0.154. The summed E-state index contributed by atoms with van der Waals surface area (Å²) < 4.78 is 0. The normalized spacial score (nSPS) is 16.2. The maximum atomic E-state index is 2.51. The fraction of sp³-hybridized carbons (Fsp3) is 0.118. The van der Waals surface area contributed by atoms with Gasteiger partial charge in [-0.1, -0.05) is 222 Å². The Balaban J connectivity index is 0.998. The minimum Gasteiger partial charge on any atom is -0.309 e. The highest BCUT2D eigenvalue weighted by Crippen LogP contribution is 2.57. The van der Waals surface area contributed by atoms with Crippen LogP contribution in [0, 0.1) is 0 Å². The molecule has 10 aromatic rings. The van der Waals surface area contributed by atoms with E-state index in [9.17, 15) is 0 Å². The number of hydrogen-bond acceptors (Lipinski definition) is 1. The minimum absolute atomic E-state index is 0.0711. The first kappa shape index (κ1) is 41.2. The zero-order valence-corrected chi connectivity index (χ0v) is 39.9. The first-order chi connectivity index (χ1) is 33.6. The molecule has 69 heavy (non-hydrogen) atoms. The summed E-state index contributed by atoms with van der Waals surface area (Å²) in [6, 6.07) is 86.5. The monoisotopic (exact) mass is 883 g/mol. The molecular weight excluding hydrogens is 831 g/mol. The molecule has 0 saturated carbocycles. The molecular formula is C68H53N. The van der Waals surface area contributed by atoms with E-state index in [-0.39, 0.29) is 16.2 Å². The summed E-state index contributed by atoms with van der Waals surface area (Å²) in [5, 5.41) is 0. The third-order valence-electron chi connectivity index (χ3n) is 16.2. The average Bonchev–Trinajstić information content (AvgIpc) is 3.90. The number of anilines is 3. The second-order valence-electron chi connectivity index (χ2n) is 20.5. The Bertz CT molecular complexity index is 3680. The van der Waals surface area contributed by atoms with E-state index < -0.39 is 0 Å². The Morgan fingerprint density at radius 1 is 0.275 bits per heavy atom. The Labute approximate surface area is 407 Å². The van der Waals surface area contributed by atoms with E-state index in [2.05, 4.69) is 270 Å². The lowest BCUT2D eigenvalue weighted by molar-refractivity contribution is 0.660. The lowest BCUT2D eigenvalue weighted by atomic mass is 9.74. The molecule has 3 aliphatic carbocycles. The van der Waals surface area contributed by atoms with E-state index in [4.69, 9.17) is 0 Å². The van der Waals surface area contributed by atoms with Gasteiger partial charge in [0, 0.05) is 33.1 Å². The van der Waals surface area contributed by atoms with Crippen LogP contribution in [0.4, 0.5) is 17.1 Å². The summed E-state index contributed by atoms with van der Waals surface area (Å²) in [5.41, 5.74) is 27.6. The molecule has 0 fully saturated rings.